The van der Waals surface area contributed by atoms with Gasteiger partial charge in [-0.3, -0.25) is 4.79 Å². The van der Waals surface area contributed by atoms with Gasteiger partial charge in [0.25, 0.3) is 0 Å². The van der Waals surface area contributed by atoms with Crippen LogP contribution in [0.25, 0.3) is 0 Å². The van der Waals surface area contributed by atoms with Crippen LogP contribution < -0.4 is 11.1 Å². The molecule has 0 spiro atoms. The first-order valence-corrected chi connectivity index (χ1v) is 7.68. The van der Waals surface area contributed by atoms with Gasteiger partial charge in [-0.1, -0.05) is 0 Å². The van der Waals surface area contributed by atoms with Crippen LogP contribution in [0.3, 0.4) is 0 Å². The quantitative estimate of drug-likeness (QED) is 0.264. The molecule has 8 nitrogen and oxygen atoms in total. The van der Waals surface area contributed by atoms with E-state index in [0.29, 0.717) is 72.6 Å². The van der Waals surface area contributed by atoms with E-state index in [2.05, 4.69) is 5.32 Å². The van der Waals surface area contributed by atoms with Crippen LogP contribution in [-0.2, 0) is 28.5 Å². The normalized spacial score (nSPS) is 10.8. The molecular weight excluding hydrogens is 292 g/mol. The maximum Gasteiger partial charge on any atom is 0.319 e. The highest BCUT2D eigenvalue weighted by molar-refractivity contribution is 5.71. The van der Waals surface area contributed by atoms with Crippen LogP contribution in [-0.4, -0.2) is 85.1 Å². The van der Waals surface area contributed by atoms with Gasteiger partial charge in [-0.2, -0.15) is 0 Å². The van der Waals surface area contributed by atoms with Crippen molar-refractivity contribution in [2.75, 3.05) is 79.1 Å². The summed E-state index contributed by atoms with van der Waals surface area (Å²) in [5.74, 6) is -0.251. The summed E-state index contributed by atoms with van der Waals surface area (Å²) in [6.45, 7) is 7.81. The molecule has 22 heavy (non-hydrogen) atoms. The number of rotatable bonds is 17. The van der Waals surface area contributed by atoms with Crippen LogP contribution in [0, 0.1) is 0 Å². The first-order valence-electron chi connectivity index (χ1n) is 7.68. The van der Waals surface area contributed by atoms with Crippen molar-refractivity contribution in [3.63, 3.8) is 0 Å². The van der Waals surface area contributed by atoms with Gasteiger partial charge in [-0.15, -0.1) is 0 Å². The third-order valence-corrected chi connectivity index (χ3v) is 2.38. The van der Waals surface area contributed by atoms with Gasteiger partial charge in [-0.05, 0) is 6.92 Å². The second-order valence-electron chi connectivity index (χ2n) is 4.22. The lowest BCUT2D eigenvalue weighted by Crippen LogP contribution is -2.28. The number of carbonyl (C=O) groups is 1. The Kier molecular flexibility index (Phi) is 17.6. The number of ether oxygens (including phenoxy) is 5. The molecule has 0 atom stereocenters. The predicted octanol–water partition coefficient (Wildman–Crippen LogP) is -0.836. The predicted molar refractivity (Wildman–Crippen MR) is 81.8 cm³/mol. The average Bonchev–Trinajstić information content (AvgIpc) is 2.51. The molecule has 8 heteroatoms. The molecule has 0 fully saturated rings. The summed E-state index contributed by atoms with van der Waals surface area (Å²) in [6.07, 6.45) is 0. The Bertz CT molecular complexity index is 243. The van der Waals surface area contributed by atoms with Gasteiger partial charge in [0, 0.05) is 13.1 Å². The maximum absolute atomic E-state index is 11.0. The lowest BCUT2D eigenvalue weighted by molar-refractivity contribution is -0.142. The Labute approximate surface area is 132 Å². The molecule has 0 aromatic heterocycles. The average molecular weight is 322 g/mol. The van der Waals surface area contributed by atoms with Crippen molar-refractivity contribution >= 4 is 5.97 Å². The van der Waals surface area contributed by atoms with Crippen molar-refractivity contribution in [2.24, 2.45) is 5.73 Å². The summed E-state index contributed by atoms with van der Waals surface area (Å²) in [5, 5.41) is 2.93. The lowest BCUT2D eigenvalue weighted by atomic mass is 10.6. The summed E-state index contributed by atoms with van der Waals surface area (Å²) in [4.78, 5) is 11.0. The summed E-state index contributed by atoms with van der Waals surface area (Å²) >= 11 is 0. The van der Waals surface area contributed by atoms with E-state index in [0.717, 1.165) is 0 Å². The minimum atomic E-state index is -0.251. The van der Waals surface area contributed by atoms with Gasteiger partial charge in [0.2, 0.25) is 0 Å². The van der Waals surface area contributed by atoms with E-state index in [1.807, 2.05) is 0 Å². The number of nitrogens with one attached hydrogen (secondary N) is 1. The van der Waals surface area contributed by atoms with E-state index in [9.17, 15) is 4.79 Å². The van der Waals surface area contributed by atoms with Crippen LogP contribution in [0.15, 0.2) is 0 Å². The lowest BCUT2D eigenvalue weighted by Gasteiger charge is -2.07. The van der Waals surface area contributed by atoms with Crippen LogP contribution in [0.1, 0.15) is 6.92 Å². The molecule has 0 radical (unpaired) electrons. The first-order chi connectivity index (χ1) is 10.8. The summed E-state index contributed by atoms with van der Waals surface area (Å²) in [7, 11) is 0. The Morgan fingerprint density at radius 2 is 1.36 bits per heavy atom. The SMILES string of the molecule is CCOC(=O)CNCCOCCOCCOCCOCCN. The molecule has 0 bridgehead atoms. The van der Waals surface area contributed by atoms with E-state index in [1.165, 1.54) is 0 Å². The zero-order valence-corrected chi connectivity index (χ0v) is 13.5. The Hall–Kier alpha value is -0.770. The minimum Gasteiger partial charge on any atom is -0.465 e. The van der Waals surface area contributed by atoms with Gasteiger partial charge in [-0.25, -0.2) is 0 Å². The highest BCUT2D eigenvalue weighted by Crippen LogP contribution is 1.82. The molecule has 0 aliphatic carbocycles. The van der Waals surface area contributed by atoms with Crippen LogP contribution in [0.5, 0.6) is 0 Å². The van der Waals surface area contributed by atoms with Crippen molar-refractivity contribution in [3.8, 4) is 0 Å². The Morgan fingerprint density at radius 1 is 0.864 bits per heavy atom. The molecule has 0 unspecified atom stereocenters. The number of esters is 1. The molecule has 0 aliphatic heterocycles. The van der Waals surface area contributed by atoms with Gasteiger partial charge < -0.3 is 34.7 Å². The minimum absolute atomic E-state index is 0.208. The molecule has 0 aromatic carbocycles. The molecular formula is C14H30N2O6. The molecule has 0 saturated carbocycles. The van der Waals surface area contributed by atoms with Crippen molar-refractivity contribution in [1.82, 2.24) is 5.32 Å². The zero-order valence-electron chi connectivity index (χ0n) is 13.5. The maximum atomic E-state index is 11.0. The van der Waals surface area contributed by atoms with Crippen molar-refractivity contribution < 1.29 is 28.5 Å². The summed E-state index contributed by atoms with van der Waals surface area (Å²) < 4.78 is 25.9. The van der Waals surface area contributed by atoms with Gasteiger partial charge in [0.05, 0.1) is 66.0 Å². The van der Waals surface area contributed by atoms with Gasteiger partial charge >= 0.3 is 5.97 Å². The van der Waals surface area contributed by atoms with E-state index in [1.54, 1.807) is 6.92 Å². The molecule has 0 aliphatic rings. The molecule has 0 rings (SSSR count). The van der Waals surface area contributed by atoms with Gasteiger partial charge in [0.1, 0.15) is 0 Å². The molecule has 0 saturated heterocycles. The Balaban J connectivity index is 3.01. The largest absolute Gasteiger partial charge is 0.465 e. The Morgan fingerprint density at radius 3 is 1.86 bits per heavy atom. The van der Waals surface area contributed by atoms with Crippen LogP contribution in [0.2, 0.25) is 0 Å². The highest BCUT2D eigenvalue weighted by atomic mass is 16.6. The van der Waals surface area contributed by atoms with Crippen molar-refractivity contribution in [2.45, 2.75) is 6.92 Å². The smallest absolute Gasteiger partial charge is 0.319 e. The van der Waals surface area contributed by atoms with E-state index < -0.39 is 0 Å². The topological polar surface area (TPSA) is 101 Å². The van der Waals surface area contributed by atoms with E-state index >= 15 is 0 Å². The van der Waals surface area contributed by atoms with E-state index in [-0.39, 0.29) is 12.5 Å². The second kappa shape index (κ2) is 18.3. The third kappa shape index (κ3) is 17.3. The van der Waals surface area contributed by atoms with Crippen LogP contribution >= 0.6 is 0 Å². The molecule has 0 heterocycles. The van der Waals surface area contributed by atoms with Crippen molar-refractivity contribution in [3.05, 3.63) is 0 Å². The molecule has 3 N–H and O–H groups in total. The fourth-order valence-corrected chi connectivity index (χ4v) is 1.39. The molecule has 0 aromatic rings. The standard InChI is InChI=1S/C14H30N2O6/c1-2-22-14(17)13-16-4-6-19-8-10-21-12-11-20-9-7-18-5-3-15/h16H,2-13,15H2,1H3. The fraction of sp³-hybridized carbons (Fsp3) is 0.929. The number of nitrogens with two attached hydrogens (primary N) is 1. The monoisotopic (exact) mass is 322 g/mol. The van der Waals surface area contributed by atoms with Crippen LogP contribution in [0.4, 0.5) is 0 Å². The van der Waals surface area contributed by atoms with E-state index in [4.69, 9.17) is 29.4 Å². The van der Waals surface area contributed by atoms with Crippen molar-refractivity contribution in [1.29, 1.82) is 0 Å². The third-order valence-electron chi connectivity index (χ3n) is 2.38. The summed E-state index contributed by atoms with van der Waals surface area (Å²) in [6, 6.07) is 0. The summed E-state index contributed by atoms with van der Waals surface area (Å²) in [5.41, 5.74) is 5.28. The second-order valence-corrected chi connectivity index (χ2v) is 4.22. The first kappa shape index (κ1) is 21.2. The van der Waals surface area contributed by atoms with Gasteiger partial charge in [0.15, 0.2) is 0 Å². The fourth-order valence-electron chi connectivity index (χ4n) is 1.39. The number of hydrogen-bond acceptors (Lipinski definition) is 8. The number of carbonyl (C=O) groups excluding carboxylic acids is 1. The number of hydrogen-bond donors (Lipinski definition) is 2. The highest BCUT2D eigenvalue weighted by Gasteiger charge is 1.99. The molecule has 132 valence electrons. The zero-order chi connectivity index (χ0) is 16.3. The molecule has 0 amide bonds.